The zero-order chi connectivity index (χ0) is 21.6. The molecule has 0 bridgehead atoms. The molecule has 2 amide bonds. The molecule has 0 spiro atoms. The first-order valence-corrected chi connectivity index (χ1v) is 10.0. The lowest BCUT2D eigenvalue weighted by molar-refractivity contribution is -0.132. The number of carbonyl (C=O) groups excluding carboxylic acids is 4. The highest BCUT2D eigenvalue weighted by atomic mass is 16.5. The van der Waals surface area contributed by atoms with E-state index < -0.39 is 17.9 Å². The summed E-state index contributed by atoms with van der Waals surface area (Å²) in [7, 11) is 0. The van der Waals surface area contributed by atoms with Crippen LogP contribution in [0.25, 0.3) is 0 Å². The maximum absolute atomic E-state index is 13.1. The van der Waals surface area contributed by atoms with Crippen LogP contribution in [0.5, 0.6) is 11.5 Å². The Bertz CT molecular complexity index is 1060. The van der Waals surface area contributed by atoms with Gasteiger partial charge in [-0.3, -0.25) is 24.1 Å². The molecule has 2 aliphatic rings. The SMILES string of the molecule is CC(C)(C)c1ccc(Oc2cccc3c2C(=O)N(C2CCC(=O)CC2=O)C3=O)cc1. The topological polar surface area (TPSA) is 80.8 Å². The Balaban J connectivity index is 1.63. The molecule has 1 aliphatic heterocycles. The van der Waals surface area contributed by atoms with Crippen LogP contribution < -0.4 is 4.74 Å². The van der Waals surface area contributed by atoms with E-state index in [4.69, 9.17) is 4.74 Å². The molecule has 2 aromatic carbocycles. The molecular formula is C24H23NO5. The molecule has 0 radical (unpaired) electrons. The van der Waals surface area contributed by atoms with E-state index in [-0.39, 0.29) is 53.1 Å². The Morgan fingerprint density at radius 3 is 2.27 bits per heavy atom. The first-order chi connectivity index (χ1) is 14.2. The highest BCUT2D eigenvalue weighted by Gasteiger charge is 2.45. The molecule has 0 N–H and O–H groups in total. The number of hydrogen-bond acceptors (Lipinski definition) is 5. The van der Waals surface area contributed by atoms with E-state index in [9.17, 15) is 19.2 Å². The van der Waals surface area contributed by atoms with Gasteiger partial charge < -0.3 is 4.74 Å². The summed E-state index contributed by atoms with van der Waals surface area (Å²) < 4.78 is 5.95. The van der Waals surface area contributed by atoms with Crippen LogP contribution in [0.4, 0.5) is 0 Å². The predicted octanol–water partition coefficient (Wildman–Crippen LogP) is 4.06. The molecular weight excluding hydrogens is 382 g/mol. The van der Waals surface area contributed by atoms with Crippen LogP contribution >= 0.6 is 0 Å². The molecule has 30 heavy (non-hydrogen) atoms. The third-order valence-electron chi connectivity index (χ3n) is 5.61. The Morgan fingerprint density at radius 2 is 1.63 bits per heavy atom. The third-order valence-corrected chi connectivity index (χ3v) is 5.61. The van der Waals surface area contributed by atoms with Gasteiger partial charge in [-0.25, -0.2) is 0 Å². The standard InChI is InChI=1S/C24H23NO5/c1-24(2,3)14-7-10-16(11-8-14)30-20-6-4-5-17-21(20)23(29)25(22(17)28)18-12-9-15(26)13-19(18)27/h4-8,10-11,18H,9,12-13H2,1-3H3. The van der Waals surface area contributed by atoms with Crippen LogP contribution in [-0.4, -0.2) is 34.3 Å². The fourth-order valence-electron chi connectivity index (χ4n) is 3.92. The average molecular weight is 405 g/mol. The molecule has 6 heteroatoms. The summed E-state index contributed by atoms with van der Waals surface area (Å²) in [4.78, 5) is 50.9. The average Bonchev–Trinajstić information content (AvgIpc) is 2.93. The number of Topliss-reactive ketones (excluding diaryl/α,β-unsaturated/α-hetero) is 2. The summed E-state index contributed by atoms with van der Waals surface area (Å²) in [5.74, 6) is -0.789. The highest BCUT2D eigenvalue weighted by Crippen LogP contribution is 2.36. The fourth-order valence-corrected chi connectivity index (χ4v) is 3.92. The minimum atomic E-state index is -0.894. The molecule has 6 nitrogen and oxygen atoms in total. The summed E-state index contributed by atoms with van der Waals surface area (Å²) in [6.07, 6.45) is 0.127. The second kappa shape index (κ2) is 7.20. The van der Waals surface area contributed by atoms with Gasteiger partial charge in [0.25, 0.3) is 11.8 Å². The molecule has 0 saturated heterocycles. The van der Waals surface area contributed by atoms with Gasteiger partial charge in [-0.2, -0.15) is 0 Å². The van der Waals surface area contributed by atoms with Crippen molar-refractivity contribution in [3.8, 4) is 11.5 Å². The predicted molar refractivity (Wildman–Crippen MR) is 110 cm³/mol. The normalized spacial score (nSPS) is 19.3. The number of rotatable bonds is 3. The van der Waals surface area contributed by atoms with Crippen molar-refractivity contribution < 1.29 is 23.9 Å². The second-order valence-corrected chi connectivity index (χ2v) is 8.77. The fraction of sp³-hybridized carbons (Fsp3) is 0.333. The molecule has 1 unspecified atom stereocenters. The summed E-state index contributed by atoms with van der Waals surface area (Å²) in [6.45, 7) is 6.35. The van der Waals surface area contributed by atoms with Crippen LogP contribution in [0.2, 0.25) is 0 Å². The number of nitrogens with zero attached hydrogens (tertiary/aromatic N) is 1. The molecule has 1 atom stereocenters. The van der Waals surface area contributed by atoms with E-state index in [1.807, 2.05) is 24.3 Å². The zero-order valence-corrected chi connectivity index (χ0v) is 17.2. The quantitative estimate of drug-likeness (QED) is 0.568. The van der Waals surface area contributed by atoms with E-state index in [0.717, 1.165) is 10.5 Å². The van der Waals surface area contributed by atoms with Gasteiger partial charge in [-0.1, -0.05) is 39.0 Å². The minimum absolute atomic E-state index is 0.00330. The van der Waals surface area contributed by atoms with Crippen molar-refractivity contribution in [3.63, 3.8) is 0 Å². The van der Waals surface area contributed by atoms with E-state index in [0.29, 0.717) is 5.75 Å². The van der Waals surface area contributed by atoms with Crippen molar-refractivity contribution >= 4 is 23.4 Å². The van der Waals surface area contributed by atoms with Gasteiger partial charge >= 0.3 is 0 Å². The van der Waals surface area contributed by atoms with Crippen molar-refractivity contribution in [1.29, 1.82) is 0 Å². The molecule has 1 fully saturated rings. The molecule has 1 heterocycles. The minimum Gasteiger partial charge on any atom is -0.457 e. The third kappa shape index (κ3) is 3.43. The zero-order valence-electron chi connectivity index (χ0n) is 17.2. The van der Waals surface area contributed by atoms with Crippen LogP contribution in [-0.2, 0) is 15.0 Å². The van der Waals surface area contributed by atoms with Gasteiger partial charge in [-0.15, -0.1) is 0 Å². The van der Waals surface area contributed by atoms with E-state index >= 15 is 0 Å². The van der Waals surface area contributed by atoms with Crippen molar-refractivity contribution in [2.75, 3.05) is 0 Å². The van der Waals surface area contributed by atoms with Crippen LogP contribution in [0.3, 0.4) is 0 Å². The molecule has 154 valence electrons. The monoisotopic (exact) mass is 405 g/mol. The number of fused-ring (bicyclic) bond motifs is 1. The maximum Gasteiger partial charge on any atom is 0.266 e. The Kier molecular flexibility index (Phi) is 4.80. The van der Waals surface area contributed by atoms with Crippen molar-refractivity contribution in [1.82, 2.24) is 4.90 Å². The Hall–Kier alpha value is -3.28. The first kappa shape index (κ1) is 20.0. The van der Waals surface area contributed by atoms with Gasteiger partial charge in [0.2, 0.25) is 0 Å². The van der Waals surface area contributed by atoms with Crippen molar-refractivity contribution in [2.45, 2.75) is 51.5 Å². The molecule has 1 saturated carbocycles. The molecule has 2 aromatic rings. The number of carbonyl (C=O) groups is 4. The van der Waals surface area contributed by atoms with Gasteiger partial charge in [0.15, 0.2) is 5.78 Å². The number of hydrogen-bond donors (Lipinski definition) is 0. The number of imide groups is 1. The van der Waals surface area contributed by atoms with E-state index in [1.165, 1.54) is 0 Å². The molecule has 4 rings (SSSR count). The van der Waals surface area contributed by atoms with Crippen molar-refractivity contribution in [2.24, 2.45) is 0 Å². The smallest absolute Gasteiger partial charge is 0.266 e. The van der Waals surface area contributed by atoms with Gasteiger partial charge in [0.05, 0.1) is 23.6 Å². The molecule has 1 aliphatic carbocycles. The number of amides is 2. The Morgan fingerprint density at radius 1 is 0.933 bits per heavy atom. The lowest BCUT2D eigenvalue weighted by Crippen LogP contribution is -2.47. The number of ketones is 2. The van der Waals surface area contributed by atoms with Crippen LogP contribution in [0, 0.1) is 0 Å². The largest absolute Gasteiger partial charge is 0.457 e. The van der Waals surface area contributed by atoms with Crippen LogP contribution in [0.1, 0.15) is 66.3 Å². The second-order valence-electron chi connectivity index (χ2n) is 8.77. The number of benzene rings is 2. The lowest BCUT2D eigenvalue weighted by Gasteiger charge is -2.27. The number of ether oxygens (including phenoxy) is 1. The summed E-state index contributed by atoms with van der Waals surface area (Å²) in [6, 6.07) is 11.5. The summed E-state index contributed by atoms with van der Waals surface area (Å²) in [5, 5.41) is 0. The van der Waals surface area contributed by atoms with E-state index in [2.05, 4.69) is 20.8 Å². The van der Waals surface area contributed by atoms with Gasteiger partial charge in [-0.05, 0) is 41.7 Å². The Labute approximate surface area is 174 Å². The summed E-state index contributed by atoms with van der Waals surface area (Å²) >= 11 is 0. The molecule has 0 aromatic heterocycles. The lowest BCUT2D eigenvalue weighted by atomic mass is 9.87. The van der Waals surface area contributed by atoms with Crippen LogP contribution in [0.15, 0.2) is 42.5 Å². The highest BCUT2D eigenvalue weighted by molar-refractivity contribution is 6.24. The van der Waals surface area contributed by atoms with Gasteiger partial charge in [0.1, 0.15) is 17.3 Å². The van der Waals surface area contributed by atoms with E-state index in [1.54, 1.807) is 18.2 Å². The first-order valence-electron chi connectivity index (χ1n) is 10.0. The summed E-state index contributed by atoms with van der Waals surface area (Å²) in [5.41, 5.74) is 1.53. The maximum atomic E-state index is 13.1. The van der Waals surface area contributed by atoms with Crippen molar-refractivity contribution in [3.05, 3.63) is 59.2 Å². The van der Waals surface area contributed by atoms with Gasteiger partial charge in [0, 0.05) is 6.42 Å².